The van der Waals surface area contributed by atoms with Crippen molar-refractivity contribution in [1.29, 1.82) is 0 Å². The number of amides is 1. The van der Waals surface area contributed by atoms with Gasteiger partial charge in [0, 0.05) is 12.8 Å². The van der Waals surface area contributed by atoms with Crippen molar-refractivity contribution in [2.45, 2.75) is 373 Å². The number of ether oxygens (including phenoxy) is 1. The average Bonchev–Trinajstić information content (AvgIpc) is 3.42. The summed E-state index contributed by atoms with van der Waals surface area (Å²) in [5.41, 5.74) is 0. The summed E-state index contributed by atoms with van der Waals surface area (Å²) < 4.78 is 5.50. The quantitative estimate of drug-likeness (QED) is 0.0320. The van der Waals surface area contributed by atoms with Crippen LogP contribution < -0.4 is 5.32 Å². The first kappa shape index (κ1) is 73.8. The van der Waals surface area contributed by atoms with Crippen molar-refractivity contribution >= 4 is 11.9 Å². The normalized spacial score (nSPS) is 12.8. The SMILES string of the molecule is CCCCCCCC/C=C\CCCCCCCCCCCC(=O)OCCCCCCCCCCC/C=C\C/C=C\CCCCCCCCCCCC(=O)NC(CO)C(O)/C=C/CCCCCCCCCCCCCCC. The molecule has 0 aromatic carbocycles. The smallest absolute Gasteiger partial charge is 0.305 e. The fourth-order valence-corrected chi connectivity index (χ4v) is 10.4. The molecule has 0 bridgehead atoms. The molecule has 0 aliphatic carbocycles. The summed E-state index contributed by atoms with van der Waals surface area (Å²) in [7, 11) is 0. The van der Waals surface area contributed by atoms with E-state index in [2.05, 4.69) is 55.6 Å². The summed E-state index contributed by atoms with van der Waals surface area (Å²) in [5, 5.41) is 23.1. The van der Waals surface area contributed by atoms with E-state index in [4.69, 9.17) is 4.74 Å². The van der Waals surface area contributed by atoms with Crippen LogP contribution in [0.1, 0.15) is 361 Å². The van der Waals surface area contributed by atoms with Gasteiger partial charge in [-0.2, -0.15) is 0 Å². The van der Waals surface area contributed by atoms with E-state index in [9.17, 15) is 19.8 Å². The lowest BCUT2D eigenvalue weighted by Gasteiger charge is -2.20. The molecule has 2 atom stereocenters. The highest BCUT2D eigenvalue weighted by Gasteiger charge is 2.18. The van der Waals surface area contributed by atoms with Crippen LogP contribution in [0.2, 0.25) is 0 Å². The Hall–Kier alpha value is -2.18. The molecule has 0 spiro atoms. The molecule has 6 nitrogen and oxygen atoms in total. The molecule has 6 heteroatoms. The Labute approximate surface area is 474 Å². The van der Waals surface area contributed by atoms with E-state index in [1.807, 2.05) is 6.08 Å². The minimum absolute atomic E-state index is 0.00817. The molecule has 76 heavy (non-hydrogen) atoms. The second-order valence-electron chi connectivity index (χ2n) is 23.1. The van der Waals surface area contributed by atoms with E-state index in [0.29, 0.717) is 19.4 Å². The Bertz CT molecular complexity index is 1270. The van der Waals surface area contributed by atoms with Crippen LogP contribution in [0, 0.1) is 0 Å². The van der Waals surface area contributed by atoms with Gasteiger partial charge in [0.25, 0.3) is 0 Å². The Balaban J connectivity index is 3.43. The van der Waals surface area contributed by atoms with E-state index in [1.165, 1.54) is 283 Å². The molecule has 0 saturated carbocycles. The van der Waals surface area contributed by atoms with Gasteiger partial charge >= 0.3 is 5.97 Å². The molecule has 3 N–H and O–H groups in total. The standard InChI is InChI=1S/C70H131NO5/c1-3-5-7-9-11-13-15-17-19-20-28-32-36-40-44-48-52-56-60-64-70(75)76-65-61-57-53-49-45-41-37-33-30-27-25-23-21-22-24-26-29-31-35-39-43-47-51-55-59-63-69(74)71-67(66-72)68(73)62-58-54-50-46-42-38-34-18-16-14-12-10-8-6-4-2/h17,19,22-25,58,62,67-68,72-73H,3-16,18,20-21,26-57,59-61,63-66H2,1-2H3,(H,71,74)/b19-17-,24-22-,25-23-,62-58+. The van der Waals surface area contributed by atoms with Gasteiger partial charge in [0.05, 0.1) is 25.4 Å². The van der Waals surface area contributed by atoms with Crippen molar-refractivity contribution in [3.8, 4) is 0 Å². The van der Waals surface area contributed by atoms with E-state index >= 15 is 0 Å². The summed E-state index contributed by atoms with van der Waals surface area (Å²) in [6, 6.07) is -0.633. The number of hydrogen-bond donors (Lipinski definition) is 3. The maximum absolute atomic E-state index is 12.5. The van der Waals surface area contributed by atoms with Crippen LogP contribution in [0.25, 0.3) is 0 Å². The lowest BCUT2D eigenvalue weighted by Crippen LogP contribution is -2.45. The highest BCUT2D eigenvalue weighted by molar-refractivity contribution is 5.76. The zero-order chi connectivity index (χ0) is 55.0. The van der Waals surface area contributed by atoms with Gasteiger partial charge in [0.1, 0.15) is 0 Å². The van der Waals surface area contributed by atoms with Crippen LogP contribution in [0.3, 0.4) is 0 Å². The molecule has 0 radical (unpaired) electrons. The van der Waals surface area contributed by atoms with Gasteiger partial charge < -0.3 is 20.3 Å². The lowest BCUT2D eigenvalue weighted by molar-refractivity contribution is -0.143. The molecule has 0 heterocycles. The number of unbranched alkanes of at least 4 members (excludes halogenated alkanes) is 46. The topological polar surface area (TPSA) is 95.9 Å². The first-order valence-corrected chi connectivity index (χ1v) is 33.9. The van der Waals surface area contributed by atoms with Gasteiger partial charge in [0.2, 0.25) is 5.91 Å². The predicted molar refractivity (Wildman–Crippen MR) is 333 cm³/mol. The Morgan fingerprint density at radius 3 is 1.01 bits per heavy atom. The maximum Gasteiger partial charge on any atom is 0.305 e. The van der Waals surface area contributed by atoms with Crippen LogP contribution in [-0.4, -0.2) is 47.4 Å². The van der Waals surface area contributed by atoms with Crippen LogP contribution in [0.4, 0.5) is 0 Å². The number of nitrogens with one attached hydrogen (secondary N) is 1. The fourth-order valence-electron chi connectivity index (χ4n) is 10.4. The fraction of sp³-hybridized carbons (Fsp3) is 0.857. The number of aliphatic hydroxyl groups excluding tert-OH is 2. The van der Waals surface area contributed by atoms with Crippen LogP contribution in [-0.2, 0) is 14.3 Å². The van der Waals surface area contributed by atoms with Crippen LogP contribution in [0.15, 0.2) is 48.6 Å². The van der Waals surface area contributed by atoms with Gasteiger partial charge in [-0.15, -0.1) is 0 Å². The average molecular weight is 1070 g/mol. The van der Waals surface area contributed by atoms with Gasteiger partial charge in [-0.1, -0.05) is 306 Å². The highest BCUT2D eigenvalue weighted by Crippen LogP contribution is 2.17. The van der Waals surface area contributed by atoms with Crippen molar-refractivity contribution in [2.24, 2.45) is 0 Å². The van der Waals surface area contributed by atoms with Crippen molar-refractivity contribution in [2.75, 3.05) is 13.2 Å². The summed E-state index contributed by atoms with van der Waals surface area (Å²) in [5.74, 6) is -0.0649. The molecular formula is C70H131NO5. The molecule has 0 aliphatic heterocycles. The summed E-state index contributed by atoms with van der Waals surface area (Å²) in [6.45, 7) is 4.91. The molecule has 1 amide bonds. The Morgan fingerprint density at radius 2 is 0.658 bits per heavy atom. The van der Waals surface area contributed by atoms with E-state index in [0.717, 1.165) is 51.4 Å². The molecule has 0 saturated heterocycles. The third kappa shape index (κ3) is 61.0. The van der Waals surface area contributed by atoms with E-state index in [1.54, 1.807) is 6.08 Å². The second kappa shape index (κ2) is 65.3. The largest absolute Gasteiger partial charge is 0.466 e. The van der Waals surface area contributed by atoms with E-state index < -0.39 is 12.1 Å². The minimum Gasteiger partial charge on any atom is -0.466 e. The molecule has 0 aromatic heterocycles. The van der Waals surface area contributed by atoms with Crippen LogP contribution >= 0.6 is 0 Å². The van der Waals surface area contributed by atoms with Crippen molar-refractivity contribution in [1.82, 2.24) is 5.32 Å². The summed E-state index contributed by atoms with van der Waals surface area (Å²) in [6.07, 6.45) is 84.6. The molecule has 446 valence electrons. The van der Waals surface area contributed by atoms with Crippen molar-refractivity contribution < 1.29 is 24.5 Å². The number of carbonyl (C=O) groups is 2. The third-order valence-corrected chi connectivity index (χ3v) is 15.6. The van der Waals surface area contributed by atoms with Gasteiger partial charge in [-0.3, -0.25) is 9.59 Å². The van der Waals surface area contributed by atoms with Gasteiger partial charge in [-0.05, 0) is 89.9 Å². The number of hydrogen-bond acceptors (Lipinski definition) is 5. The number of aliphatic hydroxyl groups is 2. The maximum atomic E-state index is 12.5. The van der Waals surface area contributed by atoms with E-state index in [-0.39, 0.29) is 18.5 Å². The Morgan fingerprint density at radius 1 is 0.368 bits per heavy atom. The number of esters is 1. The monoisotopic (exact) mass is 1070 g/mol. The minimum atomic E-state index is -0.849. The Kier molecular flexibility index (Phi) is 63.5. The highest BCUT2D eigenvalue weighted by atomic mass is 16.5. The van der Waals surface area contributed by atoms with Crippen LogP contribution in [0.5, 0.6) is 0 Å². The summed E-state index contributed by atoms with van der Waals surface area (Å²) in [4.78, 5) is 24.6. The summed E-state index contributed by atoms with van der Waals surface area (Å²) >= 11 is 0. The first-order chi connectivity index (χ1) is 37.5. The number of carbonyl (C=O) groups excluding carboxylic acids is 2. The van der Waals surface area contributed by atoms with Crippen molar-refractivity contribution in [3.63, 3.8) is 0 Å². The van der Waals surface area contributed by atoms with Crippen molar-refractivity contribution in [3.05, 3.63) is 48.6 Å². The zero-order valence-corrected chi connectivity index (χ0v) is 51.0. The second-order valence-corrected chi connectivity index (χ2v) is 23.1. The first-order valence-electron chi connectivity index (χ1n) is 33.9. The van der Waals surface area contributed by atoms with Gasteiger partial charge in [0.15, 0.2) is 0 Å². The molecule has 0 aromatic rings. The predicted octanol–water partition coefficient (Wildman–Crippen LogP) is 21.7. The number of allylic oxidation sites excluding steroid dienone is 7. The lowest BCUT2D eigenvalue weighted by atomic mass is 10.0. The number of rotatable bonds is 63. The molecule has 0 fully saturated rings. The molecule has 0 rings (SSSR count). The molecule has 2 unspecified atom stereocenters. The zero-order valence-electron chi connectivity index (χ0n) is 51.0. The molecule has 0 aliphatic rings. The van der Waals surface area contributed by atoms with Gasteiger partial charge in [-0.25, -0.2) is 0 Å². The molecular weight excluding hydrogens is 935 g/mol. The third-order valence-electron chi connectivity index (χ3n) is 15.6.